The van der Waals surface area contributed by atoms with Crippen LogP contribution in [0.2, 0.25) is 0 Å². The Morgan fingerprint density at radius 2 is 2.17 bits per heavy atom. The van der Waals surface area contributed by atoms with E-state index in [0.29, 0.717) is 6.54 Å². The van der Waals surface area contributed by atoms with E-state index in [4.69, 9.17) is 5.73 Å². The monoisotopic (exact) mass is 173 g/mol. The highest BCUT2D eigenvalue weighted by molar-refractivity contribution is 5.77. The molecule has 0 bridgehead atoms. The summed E-state index contributed by atoms with van der Waals surface area (Å²) in [5.41, 5.74) is 5.34. The van der Waals surface area contributed by atoms with Crippen molar-refractivity contribution in [1.82, 2.24) is 10.2 Å². The zero-order chi connectivity index (χ0) is 9.40. The van der Waals surface area contributed by atoms with E-state index in [1.54, 1.807) is 7.05 Å². The average Bonchev–Trinajstić information content (AvgIpc) is 2.05. The Hall–Kier alpha value is -0.610. The lowest BCUT2D eigenvalue weighted by molar-refractivity contribution is -0.121. The Morgan fingerprint density at radius 1 is 1.50 bits per heavy atom. The second kappa shape index (κ2) is 7.06. The molecule has 4 heteroatoms. The summed E-state index contributed by atoms with van der Waals surface area (Å²) in [5, 5.41) is 2.58. The first-order valence-electron chi connectivity index (χ1n) is 4.30. The number of rotatable bonds is 6. The van der Waals surface area contributed by atoms with Crippen LogP contribution >= 0.6 is 0 Å². The van der Waals surface area contributed by atoms with Crippen LogP contribution in [0, 0.1) is 0 Å². The normalized spacial score (nSPS) is 10.3. The lowest BCUT2D eigenvalue weighted by Crippen LogP contribution is -2.33. The molecule has 0 aliphatic rings. The van der Waals surface area contributed by atoms with Crippen molar-refractivity contribution in [2.45, 2.75) is 12.8 Å². The fourth-order valence-corrected chi connectivity index (χ4v) is 0.929. The van der Waals surface area contributed by atoms with E-state index >= 15 is 0 Å². The molecule has 1 amide bonds. The van der Waals surface area contributed by atoms with Crippen molar-refractivity contribution >= 4 is 5.91 Å². The van der Waals surface area contributed by atoms with Gasteiger partial charge in [0.25, 0.3) is 0 Å². The van der Waals surface area contributed by atoms with Gasteiger partial charge in [0, 0.05) is 7.05 Å². The summed E-state index contributed by atoms with van der Waals surface area (Å²) in [6.07, 6.45) is 2.09. The lowest BCUT2D eigenvalue weighted by Gasteiger charge is -2.14. The lowest BCUT2D eigenvalue weighted by atomic mass is 10.3. The summed E-state index contributed by atoms with van der Waals surface area (Å²) >= 11 is 0. The zero-order valence-corrected chi connectivity index (χ0v) is 7.97. The molecule has 0 saturated heterocycles. The smallest absolute Gasteiger partial charge is 0.233 e. The summed E-state index contributed by atoms with van der Waals surface area (Å²) in [6.45, 7) is 2.14. The third-order valence-electron chi connectivity index (χ3n) is 1.69. The maximum atomic E-state index is 10.9. The van der Waals surface area contributed by atoms with Crippen molar-refractivity contribution in [2.24, 2.45) is 5.73 Å². The number of carbonyl (C=O) groups excluding carboxylic acids is 1. The van der Waals surface area contributed by atoms with E-state index in [1.165, 1.54) is 0 Å². The first-order chi connectivity index (χ1) is 5.70. The van der Waals surface area contributed by atoms with Crippen LogP contribution in [-0.2, 0) is 4.79 Å². The summed E-state index contributed by atoms with van der Waals surface area (Å²) < 4.78 is 0. The maximum Gasteiger partial charge on any atom is 0.233 e. The minimum atomic E-state index is 0.0604. The number of nitrogens with two attached hydrogens (primary N) is 1. The van der Waals surface area contributed by atoms with E-state index in [1.807, 2.05) is 11.9 Å². The van der Waals surface area contributed by atoms with Crippen molar-refractivity contribution in [2.75, 3.05) is 33.7 Å². The second-order valence-corrected chi connectivity index (χ2v) is 2.91. The molecular formula is C8H19N3O. The zero-order valence-electron chi connectivity index (χ0n) is 7.97. The van der Waals surface area contributed by atoms with Gasteiger partial charge in [-0.15, -0.1) is 0 Å². The molecular weight excluding hydrogens is 154 g/mol. The number of hydrogen-bond acceptors (Lipinski definition) is 3. The molecule has 0 fully saturated rings. The molecule has 0 saturated carbocycles. The highest BCUT2D eigenvalue weighted by Crippen LogP contribution is 1.90. The van der Waals surface area contributed by atoms with Gasteiger partial charge >= 0.3 is 0 Å². The predicted octanol–water partition coefficient (Wildman–Crippen LogP) is -0.597. The molecule has 72 valence electrons. The Morgan fingerprint density at radius 3 is 2.67 bits per heavy atom. The highest BCUT2D eigenvalue weighted by Gasteiger charge is 2.02. The first-order valence-corrected chi connectivity index (χ1v) is 4.30. The van der Waals surface area contributed by atoms with Crippen LogP contribution in [0.4, 0.5) is 0 Å². The Kier molecular flexibility index (Phi) is 6.70. The number of nitrogens with one attached hydrogen (secondary N) is 1. The van der Waals surface area contributed by atoms with Gasteiger partial charge in [0.2, 0.25) is 5.91 Å². The van der Waals surface area contributed by atoms with Gasteiger partial charge in [-0.3, -0.25) is 9.69 Å². The summed E-state index contributed by atoms with van der Waals surface area (Å²) in [6, 6.07) is 0. The van der Waals surface area contributed by atoms with E-state index in [0.717, 1.165) is 25.9 Å². The van der Waals surface area contributed by atoms with Crippen molar-refractivity contribution < 1.29 is 4.79 Å². The molecule has 12 heavy (non-hydrogen) atoms. The SMILES string of the molecule is CNC(=O)CN(C)CCCCN. The van der Waals surface area contributed by atoms with Gasteiger partial charge in [-0.1, -0.05) is 0 Å². The maximum absolute atomic E-state index is 10.9. The molecule has 0 aliphatic carbocycles. The van der Waals surface area contributed by atoms with Crippen molar-refractivity contribution in [3.05, 3.63) is 0 Å². The summed E-state index contributed by atoms with van der Waals surface area (Å²) in [5.74, 6) is 0.0604. The van der Waals surface area contributed by atoms with Gasteiger partial charge in [0.05, 0.1) is 6.54 Å². The average molecular weight is 173 g/mol. The molecule has 0 rings (SSSR count). The van der Waals surface area contributed by atoms with Crippen LogP contribution in [0.1, 0.15) is 12.8 Å². The molecule has 0 atom stereocenters. The van der Waals surface area contributed by atoms with Crippen LogP contribution in [-0.4, -0.2) is 44.5 Å². The van der Waals surface area contributed by atoms with Gasteiger partial charge in [0.1, 0.15) is 0 Å². The molecule has 3 N–H and O–H groups in total. The van der Waals surface area contributed by atoms with Gasteiger partial charge in [-0.25, -0.2) is 0 Å². The third-order valence-corrected chi connectivity index (χ3v) is 1.69. The van der Waals surface area contributed by atoms with Gasteiger partial charge in [-0.2, -0.15) is 0 Å². The van der Waals surface area contributed by atoms with Gasteiger partial charge in [0.15, 0.2) is 0 Å². The number of hydrogen-bond donors (Lipinski definition) is 2. The number of unbranched alkanes of at least 4 members (excludes halogenated alkanes) is 1. The second-order valence-electron chi connectivity index (χ2n) is 2.91. The molecule has 0 aliphatic heterocycles. The van der Waals surface area contributed by atoms with E-state index in [9.17, 15) is 4.79 Å². The summed E-state index contributed by atoms with van der Waals surface area (Å²) in [4.78, 5) is 12.9. The highest BCUT2D eigenvalue weighted by atomic mass is 16.1. The van der Waals surface area contributed by atoms with Crippen molar-refractivity contribution in [3.8, 4) is 0 Å². The molecule has 0 radical (unpaired) electrons. The van der Waals surface area contributed by atoms with E-state index in [2.05, 4.69) is 5.32 Å². The van der Waals surface area contributed by atoms with Gasteiger partial charge in [-0.05, 0) is 33.0 Å². The number of carbonyl (C=O) groups is 1. The van der Waals surface area contributed by atoms with Crippen LogP contribution < -0.4 is 11.1 Å². The predicted molar refractivity (Wildman–Crippen MR) is 49.9 cm³/mol. The minimum Gasteiger partial charge on any atom is -0.358 e. The quantitative estimate of drug-likeness (QED) is 0.527. The topological polar surface area (TPSA) is 58.4 Å². The molecule has 0 heterocycles. The van der Waals surface area contributed by atoms with Crippen LogP contribution in [0.15, 0.2) is 0 Å². The molecule has 0 aromatic heterocycles. The Labute approximate surface area is 74.1 Å². The first kappa shape index (κ1) is 11.4. The number of likely N-dealkylation sites (N-methyl/N-ethyl adjacent to an activating group) is 2. The van der Waals surface area contributed by atoms with Crippen molar-refractivity contribution in [1.29, 1.82) is 0 Å². The fraction of sp³-hybridized carbons (Fsp3) is 0.875. The third kappa shape index (κ3) is 6.12. The minimum absolute atomic E-state index is 0.0604. The van der Waals surface area contributed by atoms with Gasteiger partial charge < -0.3 is 11.1 Å². The number of amides is 1. The van der Waals surface area contributed by atoms with Crippen molar-refractivity contribution in [3.63, 3.8) is 0 Å². The fourth-order valence-electron chi connectivity index (χ4n) is 0.929. The Balaban J connectivity index is 3.32. The molecule has 0 aromatic rings. The molecule has 0 aromatic carbocycles. The Bertz CT molecular complexity index is 127. The van der Waals surface area contributed by atoms with Crippen LogP contribution in [0.3, 0.4) is 0 Å². The van der Waals surface area contributed by atoms with Crippen LogP contribution in [0.25, 0.3) is 0 Å². The van der Waals surface area contributed by atoms with E-state index < -0.39 is 0 Å². The number of nitrogens with zero attached hydrogens (tertiary/aromatic N) is 1. The van der Waals surface area contributed by atoms with Crippen LogP contribution in [0.5, 0.6) is 0 Å². The molecule has 4 nitrogen and oxygen atoms in total. The van der Waals surface area contributed by atoms with E-state index in [-0.39, 0.29) is 5.91 Å². The largest absolute Gasteiger partial charge is 0.358 e. The summed E-state index contributed by atoms with van der Waals surface area (Å²) in [7, 11) is 3.59. The molecule has 0 spiro atoms. The molecule has 0 unspecified atom stereocenters. The standard InChI is InChI=1S/C8H19N3O/c1-10-8(12)7-11(2)6-4-3-5-9/h3-7,9H2,1-2H3,(H,10,12).